The third-order valence-electron chi connectivity index (χ3n) is 3.98. The Kier molecular flexibility index (Phi) is 4.83. The van der Waals surface area contributed by atoms with Crippen molar-refractivity contribution in [1.29, 1.82) is 0 Å². The molecule has 1 aromatic heterocycles. The number of aryl methyl sites for hydroxylation is 1. The van der Waals surface area contributed by atoms with E-state index < -0.39 is 0 Å². The zero-order chi connectivity index (χ0) is 15.5. The Morgan fingerprint density at radius 2 is 2.10 bits per heavy atom. The molecule has 2 aliphatic rings. The fraction of sp³-hybridized carbons (Fsp3) is 0.625. The summed E-state index contributed by atoms with van der Waals surface area (Å²) in [6.07, 6.45) is 0.673. The van der Waals surface area contributed by atoms with Gasteiger partial charge in [0.15, 0.2) is 0 Å². The van der Waals surface area contributed by atoms with E-state index in [0.29, 0.717) is 12.3 Å². The number of nitrogens with zero attached hydrogens (tertiary/aromatic N) is 2. The lowest BCUT2D eigenvalue weighted by molar-refractivity contribution is -0.120. The van der Waals surface area contributed by atoms with Gasteiger partial charge in [0.05, 0.1) is 7.11 Å². The van der Waals surface area contributed by atoms with E-state index >= 15 is 0 Å². The predicted octanol–water partition coefficient (Wildman–Crippen LogP) is 1.75. The van der Waals surface area contributed by atoms with Crippen LogP contribution in [0.3, 0.4) is 0 Å². The zero-order valence-electron chi connectivity index (χ0n) is 13.4. The highest BCUT2D eigenvalue weighted by Gasteiger charge is 2.47. The Balaban J connectivity index is 0.000000774. The van der Waals surface area contributed by atoms with Gasteiger partial charge in [0.2, 0.25) is 11.8 Å². The molecule has 0 aromatic carbocycles. The van der Waals surface area contributed by atoms with Crippen LogP contribution in [-0.4, -0.2) is 42.5 Å². The molecule has 116 valence electrons. The number of likely N-dealkylation sites (tertiary alicyclic amines) is 1. The highest BCUT2D eigenvalue weighted by atomic mass is 16.5. The summed E-state index contributed by atoms with van der Waals surface area (Å²) in [7, 11) is 1.66. The van der Waals surface area contributed by atoms with Crippen molar-refractivity contribution in [2.75, 3.05) is 26.7 Å². The average Bonchev–Trinajstić information content (AvgIpc) is 2.84. The van der Waals surface area contributed by atoms with Crippen molar-refractivity contribution in [1.82, 2.24) is 15.2 Å². The summed E-state index contributed by atoms with van der Waals surface area (Å²) in [6, 6.07) is 4.08. The van der Waals surface area contributed by atoms with Crippen molar-refractivity contribution in [2.45, 2.75) is 33.7 Å². The summed E-state index contributed by atoms with van der Waals surface area (Å²) >= 11 is 0. The molecule has 2 aliphatic heterocycles. The Labute approximate surface area is 126 Å². The Hall–Kier alpha value is -1.62. The van der Waals surface area contributed by atoms with Crippen molar-refractivity contribution in [3.63, 3.8) is 0 Å². The number of pyridine rings is 1. The Morgan fingerprint density at radius 1 is 1.38 bits per heavy atom. The Bertz CT molecular complexity index is 510. The van der Waals surface area contributed by atoms with E-state index in [4.69, 9.17) is 4.74 Å². The largest absolute Gasteiger partial charge is 0.481 e. The number of carbonyl (C=O) groups excluding carboxylic acids is 1. The average molecular weight is 291 g/mol. The lowest BCUT2D eigenvalue weighted by Gasteiger charge is -2.47. The van der Waals surface area contributed by atoms with Crippen LogP contribution in [0, 0.1) is 12.3 Å². The van der Waals surface area contributed by atoms with Crippen LogP contribution in [0.25, 0.3) is 0 Å². The quantitative estimate of drug-likeness (QED) is 0.922. The van der Waals surface area contributed by atoms with Crippen molar-refractivity contribution in [3.05, 3.63) is 23.4 Å². The predicted molar refractivity (Wildman–Crippen MR) is 82.2 cm³/mol. The summed E-state index contributed by atoms with van der Waals surface area (Å²) in [5, 5.41) is 2.92. The van der Waals surface area contributed by atoms with E-state index in [1.165, 1.54) is 0 Å². The van der Waals surface area contributed by atoms with Gasteiger partial charge in [-0.25, -0.2) is 4.98 Å². The molecule has 1 spiro atoms. The maximum Gasteiger partial charge on any atom is 0.220 e. The third-order valence-corrected chi connectivity index (χ3v) is 3.98. The molecule has 1 aromatic rings. The highest BCUT2D eigenvalue weighted by Crippen LogP contribution is 2.37. The molecule has 0 atom stereocenters. The van der Waals surface area contributed by atoms with Gasteiger partial charge in [-0.05, 0) is 13.0 Å². The molecule has 1 amide bonds. The third kappa shape index (κ3) is 3.35. The molecule has 0 bridgehead atoms. The van der Waals surface area contributed by atoms with Crippen molar-refractivity contribution < 1.29 is 9.53 Å². The fourth-order valence-electron chi connectivity index (χ4n) is 3.09. The second kappa shape index (κ2) is 6.43. The maximum atomic E-state index is 11.3. The minimum absolute atomic E-state index is 0.183. The van der Waals surface area contributed by atoms with Gasteiger partial charge in [-0.15, -0.1) is 0 Å². The number of methoxy groups -OCH3 is 1. The number of aromatic nitrogens is 1. The fourth-order valence-corrected chi connectivity index (χ4v) is 3.09. The van der Waals surface area contributed by atoms with Crippen LogP contribution in [0.15, 0.2) is 12.1 Å². The molecular formula is C16H25N3O2. The molecule has 1 N–H and O–H groups in total. The molecule has 2 saturated heterocycles. The van der Waals surface area contributed by atoms with E-state index in [2.05, 4.69) is 21.3 Å². The van der Waals surface area contributed by atoms with Gasteiger partial charge in [-0.1, -0.05) is 19.9 Å². The zero-order valence-corrected chi connectivity index (χ0v) is 13.4. The molecule has 2 fully saturated rings. The number of carbonyl (C=O) groups is 1. The molecule has 0 unspecified atom stereocenters. The summed E-state index contributed by atoms with van der Waals surface area (Å²) < 4.78 is 5.33. The second-order valence-electron chi connectivity index (χ2n) is 5.72. The normalized spacial score (nSPS) is 19.5. The maximum absolute atomic E-state index is 11.3. The minimum Gasteiger partial charge on any atom is -0.481 e. The first-order chi connectivity index (χ1) is 10.1. The lowest BCUT2D eigenvalue weighted by atomic mass is 9.79. The number of ether oxygens (including phenoxy) is 1. The van der Waals surface area contributed by atoms with Gasteiger partial charge >= 0.3 is 0 Å². The van der Waals surface area contributed by atoms with Crippen LogP contribution in [0.4, 0.5) is 0 Å². The van der Waals surface area contributed by atoms with E-state index in [0.717, 1.165) is 37.4 Å². The van der Waals surface area contributed by atoms with Gasteiger partial charge in [0.25, 0.3) is 0 Å². The van der Waals surface area contributed by atoms with Gasteiger partial charge in [0, 0.05) is 49.3 Å². The molecule has 0 aliphatic carbocycles. The van der Waals surface area contributed by atoms with Crippen molar-refractivity contribution in [3.8, 4) is 5.88 Å². The monoisotopic (exact) mass is 291 g/mol. The van der Waals surface area contributed by atoms with E-state index in [-0.39, 0.29) is 11.3 Å². The summed E-state index contributed by atoms with van der Waals surface area (Å²) in [6.45, 7) is 9.57. The first-order valence-corrected chi connectivity index (χ1v) is 7.60. The Morgan fingerprint density at radius 3 is 2.67 bits per heavy atom. The van der Waals surface area contributed by atoms with Crippen molar-refractivity contribution >= 4 is 5.91 Å². The van der Waals surface area contributed by atoms with Gasteiger partial charge in [-0.3, -0.25) is 9.69 Å². The molecule has 21 heavy (non-hydrogen) atoms. The van der Waals surface area contributed by atoms with Gasteiger partial charge in [0.1, 0.15) is 0 Å². The van der Waals surface area contributed by atoms with E-state index in [1.54, 1.807) is 7.11 Å². The molecule has 0 radical (unpaired) electrons. The van der Waals surface area contributed by atoms with Crippen LogP contribution in [0.2, 0.25) is 0 Å². The summed E-state index contributed by atoms with van der Waals surface area (Å²) in [5.41, 5.74) is 2.26. The second-order valence-corrected chi connectivity index (χ2v) is 5.72. The molecular weight excluding hydrogens is 266 g/mol. The lowest BCUT2D eigenvalue weighted by Crippen LogP contribution is -2.56. The highest BCUT2D eigenvalue weighted by molar-refractivity contribution is 5.79. The number of hydrogen-bond donors (Lipinski definition) is 1. The van der Waals surface area contributed by atoms with E-state index in [9.17, 15) is 4.79 Å². The summed E-state index contributed by atoms with van der Waals surface area (Å²) in [4.78, 5) is 18.0. The van der Waals surface area contributed by atoms with E-state index in [1.807, 2.05) is 26.8 Å². The number of rotatable bonds is 3. The van der Waals surface area contributed by atoms with Crippen LogP contribution in [-0.2, 0) is 11.3 Å². The first-order valence-electron chi connectivity index (χ1n) is 7.60. The topological polar surface area (TPSA) is 54.5 Å². The van der Waals surface area contributed by atoms with Crippen LogP contribution < -0.4 is 10.1 Å². The van der Waals surface area contributed by atoms with Crippen LogP contribution in [0.1, 0.15) is 31.5 Å². The van der Waals surface area contributed by atoms with Gasteiger partial charge < -0.3 is 10.1 Å². The standard InChI is InChI=1S/C14H19N3O2.C2H6/c1-10-3-4-11(13(16-10)19-2)6-17-8-14(9-17)5-12(18)15-7-14;1-2/h3-4H,5-9H2,1-2H3,(H,15,18);1-2H3. The molecule has 0 saturated carbocycles. The number of nitrogens with one attached hydrogen (secondary N) is 1. The minimum atomic E-state index is 0.183. The van der Waals surface area contributed by atoms with Crippen LogP contribution >= 0.6 is 0 Å². The first kappa shape index (κ1) is 15.8. The van der Waals surface area contributed by atoms with Crippen molar-refractivity contribution in [2.24, 2.45) is 5.41 Å². The van der Waals surface area contributed by atoms with Gasteiger partial charge in [-0.2, -0.15) is 0 Å². The molecule has 5 nitrogen and oxygen atoms in total. The van der Waals surface area contributed by atoms with Crippen LogP contribution in [0.5, 0.6) is 5.88 Å². The molecule has 5 heteroatoms. The summed E-state index contributed by atoms with van der Waals surface area (Å²) in [5.74, 6) is 0.899. The molecule has 3 rings (SSSR count). The SMILES string of the molecule is CC.COc1nc(C)ccc1CN1CC2(CNC(=O)C2)C1. The smallest absolute Gasteiger partial charge is 0.220 e. The number of hydrogen-bond acceptors (Lipinski definition) is 4. The number of amides is 1. The molecule has 3 heterocycles.